The number of likely N-dealkylation sites (tertiary alicyclic amines) is 1. The summed E-state index contributed by atoms with van der Waals surface area (Å²) in [7, 11) is 1.69. The van der Waals surface area contributed by atoms with E-state index in [0.717, 1.165) is 30.8 Å². The molecular formula is C19H32ClN3O2. The lowest BCUT2D eigenvalue weighted by Crippen LogP contribution is -2.53. The van der Waals surface area contributed by atoms with Gasteiger partial charge in [0.25, 0.3) is 0 Å². The monoisotopic (exact) mass is 369 g/mol. The summed E-state index contributed by atoms with van der Waals surface area (Å²) < 4.78 is 5.53. The molecule has 25 heavy (non-hydrogen) atoms. The number of methoxy groups -OCH3 is 1. The van der Waals surface area contributed by atoms with Gasteiger partial charge in [0.05, 0.1) is 18.7 Å². The second kappa shape index (κ2) is 10.00. The van der Waals surface area contributed by atoms with E-state index in [1.54, 1.807) is 14.0 Å². The third kappa shape index (κ3) is 5.59. The summed E-state index contributed by atoms with van der Waals surface area (Å²) in [6.45, 7) is 6.50. The van der Waals surface area contributed by atoms with E-state index in [4.69, 9.17) is 10.5 Å². The van der Waals surface area contributed by atoms with Crippen molar-refractivity contribution in [3.05, 3.63) is 29.8 Å². The summed E-state index contributed by atoms with van der Waals surface area (Å²) in [5.41, 5.74) is 6.46. The van der Waals surface area contributed by atoms with Gasteiger partial charge in [-0.3, -0.25) is 9.69 Å². The maximum atomic E-state index is 12.5. The number of nitrogens with one attached hydrogen (secondary N) is 1. The van der Waals surface area contributed by atoms with Crippen LogP contribution in [-0.4, -0.2) is 43.1 Å². The zero-order valence-corrected chi connectivity index (χ0v) is 16.4. The van der Waals surface area contributed by atoms with E-state index < -0.39 is 5.54 Å². The molecule has 1 aromatic carbocycles. The molecule has 0 saturated carbocycles. The van der Waals surface area contributed by atoms with Crippen LogP contribution in [0, 0.1) is 0 Å². The molecule has 1 aliphatic rings. The standard InChI is InChI=1S/C19H31N3O2.ClH/c1-4-11-19(2,20)18(23)21-14-16(22-12-7-8-13-22)15-9-5-6-10-17(15)24-3;/h5-6,9-10,16H,4,7-8,11-14,20H2,1-3H3,(H,21,23);1H. The molecule has 1 aliphatic heterocycles. The summed E-state index contributed by atoms with van der Waals surface area (Å²) in [5.74, 6) is 0.788. The Morgan fingerprint density at radius 2 is 2.00 bits per heavy atom. The molecule has 0 bridgehead atoms. The van der Waals surface area contributed by atoms with Gasteiger partial charge in [-0.05, 0) is 45.3 Å². The predicted octanol–water partition coefficient (Wildman–Crippen LogP) is 2.89. The van der Waals surface area contributed by atoms with Crippen molar-refractivity contribution in [2.75, 3.05) is 26.7 Å². The number of hydrogen-bond acceptors (Lipinski definition) is 4. The van der Waals surface area contributed by atoms with E-state index in [-0.39, 0.29) is 24.4 Å². The third-order valence-electron chi connectivity index (χ3n) is 4.82. The number of halogens is 1. The van der Waals surface area contributed by atoms with Crippen molar-refractivity contribution >= 4 is 18.3 Å². The van der Waals surface area contributed by atoms with Crippen LogP contribution in [0.15, 0.2) is 24.3 Å². The minimum absolute atomic E-state index is 0. The van der Waals surface area contributed by atoms with Crippen LogP contribution in [0.3, 0.4) is 0 Å². The van der Waals surface area contributed by atoms with Gasteiger partial charge in [-0.1, -0.05) is 31.5 Å². The molecule has 3 N–H and O–H groups in total. The molecule has 2 unspecified atom stereocenters. The molecule has 0 aliphatic carbocycles. The fourth-order valence-corrected chi connectivity index (χ4v) is 3.45. The minimum atomic E-state index is -0.814. The van der Waals surface area contributed by atoms with E-state index in [2.05, 4.69) is 16.3 Å². The highest BCUT2D eigenvalue weighted by atomic mass is 35.5. The Hall–Kier alpha value is -1.30. The van der Waals surface area contributed by atoms with Crippen molar-refractivity contribution in [2.45, 2.75) is 51.1 Å². The molecule has 1 aromatic rings. The average Bonchev–Trinajstić information content (AvgIpc) is 3.09. The Balaban J connectivity index is 0.00000312. The maximum Gasteiger partial charge on any atom is 0.239 e. The molecule has 1 fully saturated rings. The van der Waals surface area contributed by atoms with E-state index >= 15 is 0 Å². The van der Waals surface area contributed by atoms with Crippen LogP contribution < -0.4 is 15.8 Å². The summed E-state index contributed by atoms with van der Waals surface area (Å²) in [5, 5.41) is 3.07. The van der Waals surface area contributed by atoms with Gasteiger partial charge in [-0.25, -0.2) is 0 Å². The van der Waals surface area contributed by atoms with Crippen molar-refractivity contribution in [3.63, 3.8) is 0 Å². The topological polar surface area (TPSA) is 67.6 Å². The Kier molecular flexibility index (Phi) is 8.69. The number of carbonyl (C=O) groups is 1. The number of para-hydroxylation sites is 1. The molecule has 142 valence electrons. The minimum Gasteiger partial charge on any atom is -0.496 e. The SMILES string of the molecule is CCCC(C)(N)C(=O)NCC(c1ccccc1OC)N1CCCC1.Cl. The largest absolute Gasteiger partial charge is 0.496 e. The average molecular weight is 370 g/mol. The zero-order chi connectivity index (χ0) is 17.6. The lowest BCUT2D eigenvalue weighted by molar-refractivity contribution is -0.126. The third-order valence-corrected chi connectivity index (χ3v) is 4.82. The smallest absolute Gasteiger partial charge is 0.239 e. The molecule has 0 aromatic heterocycles. The second-order valence-electron chi connectivity index (χ2n) is 6.88. The van der Waals surface area contributed by atoms with Crippen LogP contribution in [0.25, 0.3) is 0 Å². The number of nitrogens with zero attached hydrogens (tertiary/aromatic N) is 1. The van der Waals surface area contributed by atoms with Gasteiger partial charge >= 0.3 is 0 Å². The van der Waals surface area contributed by atoms with Gasteiger partial charge in [-0.15, -0.1) is 12.4 Å². The molecular weight excluding hydrogens is 338 g/mol. The number of rotatable bonds is 8. The number of benzene rings is 1. The Morgan fingerprint density at radius 1 is 1.36 bits per heavy atom. The van der Waals surface area contributed by atoms with Crippen LogP contribution >= 0.6 is 12.4 Å². The van der Waals surface area contributed by atoms with Gasteiger partial charge in [-0.2, -0.15) is 0 Å². The lowest BCUT2D eigenvalue weighted by Gasteiger charge is -2.31. The van der Waals surface area contributed by atoms with Crippen molar-refractivity contribution in [1.82, 2.24) is 10.2 Å². The lowest BCUT2D eigenvalue weighted by atomic mass is 9.96. The van der Waals surface area contributed by atoms with Gasteiger partial charge in [0, 0.05) is 12.1 Å². The van der Waals surface area contributed by atoms with E-state index in [0.29, 0.717) is 13.0 Å². The van der Waals surface area contributed by atoms with Gasteiger partial charge < -0.3 is 15.8 Å². The summed E-state index contributed by atoms with van der Waals surface area (Å²) in [4.78, 5) is 14.9. The van der Waals surface area contributed by atoms with Crippen LogP contribution in [0.1, 0.15) is 51.1 Å². The summed E-state index contributed by atoms with van der Waals surface area (Å²) in [6.07, 6.45) is 3.97. The highest BCUT2D eigenvalue weighted by Gasteiger charge is 2.30. The van der Waals surface area contributed by atoms with Crippen LogP contribution in [-0.2, 0) is 4.79 Å². The number of ether oxygens (including phenoxy) is 1. The highest BCUT2D eigenvalue weighted by Crippen LogP contribution is 2.31. The molecule has 1 amide bonds. The number of amides is 1. The van der Waals surface area contributed by atoms with Gasteiger partial charge in [0.2, 0.25) is 5.91 Å². The Morgan fingerprint density at radius 3 is 2.60 bits per heavy atom. The van der Waals surface area contributed by atoms with Gasteiger partial charge in [0.15, 0.2) is 0 Å². The Labute approximate surface area is 157 Å². The fourth-order valence-electron chi connectivity index (χ4n) is 3.45. The number of hydrogen-bond donors (Lipinski definition) is 2. The first-order valence-corrected chi connectivity index (χ1v) is 8.93. The molecule has 6 heteroatoms. The van der Waals surface area contributed by atoms with Crippen molar-refractivity contribution in [2.24, 2.45) is 5.73 Å². The fraction of sp³-hybridized carbons (Fsp3) is 0.632. The quantitative estimate of drug-likeness (QED) is 0.739. The molecule has 2 rings (SSSR count). The second-order valence-corrected chi connectivity index (χ2v) is 6.88. The van der Waals surface area contributed by atoms with E-state index in [9.17, 15) is 4.79 Å². The first kappa shape index (κ1) is 21.7. The first-order valence-electron chi connectivity index (χ1n) is 8.93. The van der Waals surface area contributed by atoms with Crippen molar-refractivity contribution in [1.29, 1.82) is 0 Å². The Bertz CT molecular complexity index is 545. The molecule has 2 atom stereocenters. The molecule has 0 radical (unpaired) electrons. The van der Waals surface area contributed by atoms with Crippen LogP contribution in [0.5, 0.6) is 5.75 Å². The summed E-state index contributed by atoms with van der Waals surface area (Å²) in [6, 6.07) is 8.17. The number of carbonyl (C=O) groups excluding carboxylic acids is 1. The van der Waals surface area contributed by atoms with Crippen LogP contribution in [0.4, 0.5) is 0 Å². The van der Waals surface area contributed by atoms with Crippen molar-refractivity contribution in [3.8, 4) is 5.75 Å². The van der Waals surface area contributed by atoms with E-state index in [1.165, 1.54) is 12.8 Å². The van der Waals surface area contributed by atoms with Crippen LogP contribution in [0.2, 0.25) is 0 Å². The maximum absolute atomic E-state index is 12.5. The van der Waals surface area contributed by atoms with Crippen molar-refractivity contribution < 1.29 is 9.53 Å². The highest BCUT2D eigenvalue weighted by molar-refractivity contribution is 5.85. The molecule has 5 nitrogen and oxygen atoms in total. The zero-order valence-electron chi connectivity index (χ0n) is 15.6. The molecule has 1 heterocycles. The predicted molar refractivity (Wildman–Crippen MR) is 104 cm³/mol. The molecule has 0 spiro atoms. The first-order chi connectivity index (χ1) is 11.5. The number of nitrogens with two attached hydrogens (primary N) is 1. The van der Waals surface area contributed by atoms with E-state index in [1.807, 2.05) is 25.1 Å². The summed E-state index contributed by atoms with van der Waals surface area (Å²) >= 11 is 0. The molecule has 1 saturated heterocycles. The normalized spacial score (nSPS) is 18.1. The van der Waals surface area contributed by atoms with Gasteiger partial charge in [0.1, 0.15) is 5.75 Å².